The molecule has 0 spiro atoms. The molecule has 2 N–H and O–H groups in total. The van der Waals surface area contributed by atoms with Crippen molar-refractivity contribution < 1.29 is 9.53 Å². The third kappa shape index (κ3) is 4.51. The van der Waals surface area contributed by atoms with Crippen LogP contribution >= 0.6 is 0 Å². The molecular formula is C24H27N5O3. The summed E-state index contributed by atoms with van der Waals surface area (Å²) in [6.45, 7) is 4.32. The van der Waals surface area contributed by atoms with Gasteiger partial charge in [0, 0.05) is 43.3 Å². The Morgan fingerprint density at radius 1 is 1.09 bits per heavy atom. The molecule has 1 saturated heterocycles. The predicted molar refractivity (Wildman–Crippen MR) is 123 cm³/mol. The number of benzene rings is 1. The number of aromatic nitrogens is 2. The highest BCUT2D eigenvalue weighted by Crippen LogP contribution is 2.28. The van der Waals surface area contributed by atoms with Crippen LogP contribution in [0.1, 0.15) is 18.4 Å². The summed E-state index contributed by atoms with van der Waals surface area (Å²) in [5, 5.41) is 7.49. The molecule has 4 heterocycles. The first kappa shape index (κ1) is 20.7. The van der Waals surface area contributed by atoms with E-state index in [4.69, 9.17) is 4.74 Å². The van der Waals surface area contributed by atoms with Gasteiger partial charge in [-0.15, -0.1) is 0 Å². The Morgan fingerprint density at radius 2 is 1.97 bits per heavy atom. The number of anilines is 1. The van der Waals surface area contributed by atoms with E-state index in [0.717, 1.165) is 67.1 Å². The van der Waals surface area contributed by atoms with Crippen LogP contribution in [0.25, 0.3) is 11.0 Å². The maximum atomic E-state index is 12.3. The summed E-state index contributed by atoms with van der Waals surface area (Å²) in [5.74, 6) is 0.610. The largest absolute Gasteiger partial charge is 0.482 e. The minimum Gasteiger partial charge on any atom is -0.482 e. The summed E-state index contributed by atoms with van der Waals surface area (Å²) in [6.07, 6.45) is 3.86. The molecule has 166 valence electrons. The normalized spacial score (nSPS) is 17.1. The van der Waals surface area contributed by atoms with Gasteiger partial charge < -0.3 is 20.3 Å². The molecule has 0 unspecified atom stereocenters. The summed E-state index contributed by atoms with van der Waals surface area (Å²) >= 11 is 0. The van der Waals surface area contributed by atoms with Crippen LogP contribution in [0.3, 0.4) is 0 Å². The summed E-state index contributed by atoms with van der Waals surface area (Å²) < 4.78 is 7.20. The van der Waals surface area contributed by atoms with E-state index in [1.165, 1.54) is 0 Å². The van der Waals surface area contributed by atoms with Crippen LogP contribution in [-0.4, -0.2) is 52.6 Å². The van der Waals surface area contributed by atoms with Crippen LogP contribution in [0, 0.1) is 0 Å². The lowest BCUT2D eigenvalue weighted by molar-refractivity contribution is -0.118. The molecule has 8 nitrogen and oxygen atoms in total. The van der Waals surface area contributed by atoms with Crippen molar-refractivity contribution in [3.63, 3.8) is 0 Å². The van der Waals surface area contributed by atoms with Crippen molar-refractivity contribution in [1.82, 2.24) is 19.8 Å². The van der Waals surface area contributed by atoms with Crippen molar-refractivity contribution in [2.24, 2.45) is 0 Å². The average Bonchev–Trinajstić information content (AvgIpc) is 2.82. The van der Waals surface area contributed by atoms with Gasteiger partial charge in [-0.05, 0) is 61.8 Å². The lowest BCUT2D eigenvalue weighted by Gasteiger charge is -2.32. The maximum absolute atomic E-state index is 12.3. The molecule has 0 saturated carbocycles. The molecule has 0 atom stereocenters. The third-order valence-corrected chi connectivity index (χ3v) is 6.24. The van der Waals surface area contributed by atoms with Gasteiger partial charge in [0.05, 0.1) is 5.69 Å². The molecule has 0 radical (unpaired) electrons. The molecule has 2 aromatic heterocycles. The Labute approximate surface area is 186 Å². The smallest absolute Gasteiger partial charge is 0.262 e. The predicted octanol–water partition coefficient (Wildman–Crippen LogP) is 1.98. The molecule has 3 aromatic rings. The van der Waals surface area contributed by atoms with E-state index in [1.54, 1.807) is 16.8 Å². The van der Waals surface area contributed by atoms with Gasteiger partial charge in [-0.25, -0.2) is 4.98 Å². The highest BCUT2D eigenvalue weighted by Gasteiger charge is 2.20. The highest BCUT2D eigenvalue weighted by atomic mass is 16.5. The van der Waals surface area contributed by atoms with E-state index in [-0.39, 0.29) is 18.1 Å². The number of hydrogen-bond donors (Lipinski definition) is 2. The van der Waals surface area contributed by atoms with Crippen molar-refractivity contribution in [2.75, 3.05) is 31.6 Å². The first-order chi connectivity index (χ1) is 15.7. The Balaban J connectivity index is 1.12. The number of amides is 1. The number of carbonyl (C=O) groups excluding carboxylic acids is 1. The molecule has 0 aliphatic carbocycles. The standard InChI is InChI=1S/C24H27N5O3/c30-22-16-32-21-5-3-17(14-20(21)27-22)15-26-19-7-10-28(11-8-19)12-13-29-23(31)6-4-18-2-1-9-25-24(18)29/h1-6,9,14,19,26H,7-8,10-13,15-16H2,(H,27,30). The fourth-order valence-electron chi connectivity index (χ4n) is 4.44. The van der Waals surface area contributed by atoms with E-state index in [9.17, 15) is 9.59 Å². The Bertz CT molecular complexity index is 1180. The first-order valence-corrected chi connectivity index (χ1v) is 11.1. The maximum Gasteiger partial charge on any atom is 0.262 e. The van der Waals surface area contributed by atoms with E-state index < -0.39 is 0 Å². The molecule has 5 rings (SSSR count). The van der Waals surface area contributed by atoms with Crippen molar-refractivity contribution in [1.29, 1.82) is 0 Å². The Morgan fingerprint density at radius 3 is 2.84 bits per heavy atom. The lowest BCUT2D eigenvalue weighted by Crippen LogP contribution is -2.43. The fraction of sp³-hybridized carbons (Fsp3) is 0.375. The van der Waals surface area contributed by atoms with Crippen molar-refractivity contribution in [2.45, 2.75) is 32.0 Å². The summed E-state index contributed by atoms with van der Waals surface area (Å²) in [6, 6.07) is 13.7. The van der Waals surface area contributed by atoms with E-state index in [1.807, 2.05) is 36.4 Å². The molecule has 32 heavy (non-hydrogen) atoms. The number of ether oxygens (including phenoxy) is 1. The van der Waals surface area contributed by atoms with E-state index in [0.29, 0.717) is 12.6 Å². The van der Waals surface area contributed by atoms with Gasteiger partial charge >= 0.3 is 0 Å². The van der Waals surface area contributed by atoms with Gasteiger partial charge in [0.25, 0.3) is 11.5 Å². The molecule has 1 amide bonds. The molecule has 8 heteroatoms. The lowest BCUT2D eigenvalue weighted by atomic mass is 10.0. The number of hydrogen-bond acceptors (Lipinski definition) is 6. The van der Waals surface area contributed by atoms with Gasteiger partial charge in [0.2, 0.25) is 0 Å². The molecular weight excluding hydrogens is 406 g/mol. The first-order valence-electron chi connectivity index (χ1n) is 11.1. The van der Waals surface area contributed by atoms with Crippen molar-refractivity contribution in [3.8, 4) is 5.75 Å². The van der Waals surface area contributed by atoms with Crippen LogP contribution in [-0.2, 0) is 17.9 Å². The van der Waals surface area contributed by atoms with Crippen LogP contribution in [0.15, 0.2) is 53.5 Å². The van der Waals surface area contributed by atoms with Crippen LogP contribution in [0.4, 0.5) is 5.69 Å². The second-order valence-electron chi connectivity index (χ2n) is 8.40. The number of fused-ring (bicyclic) bond motifs is 2. The number of piperidine rings is 1. The average molecular weight is 434 g/mol. The number of nitrogens with zero attached hydrogens (tertiary/aromatic N) is 3. The zero-order chi connectivity index (χ0) is 21.9. The van der Waals surface area contributed by atoms with Gasteiger partial charge in [0.15, 0.2) is 6.61 Å². The SMILES string of the molecule is O=C1COc2ccc(CNC3CCN(CCn4c(=O)ccc5cccnc54)CC3)cc2N1. The number of nitrogens with one attached hydrogen (secondary N) is 2. The van der Waals surface area contributed by atoms with Gasteiger partial charge in [-0.1, -0.05) is 6.07 Å². The Hall–Kier alpha value is -3.23. The van der Waals surface area contributed by atoms with Crippen LogP contribution < -0.4 is 20.9 Å². The van der Waals surface area contributed by atoms with E-state index in [2.05, 4.69) is 20.5 Å². The van der Waals surface area contributed by atoms with Crippen molar-refractivity contribution >= 4 is 22.6 Å². The monoisotopic (exact) mass is 433 g/mol. The molecule has 0 bridgehead atoms. The fourth-order valence-corrected chi connectivity index (χ4v) is 4.44. The Kier molecular flexibility index (Phi) is 5.87. The van der Waals surface area contributed by atoms with Gasteiger partial charge in [-0.3, -0.25) is 14.2 Å². The zero-order valence-corrected chi connectivity index (χ0v) is 17.9. The summed E-state index contributed by atoms with van der Waals surface area (Å²) in [5.41, 5.74) is 2.62. The van der Waals surface area contributed by atoms with Gasteiger partial charge in [0.1, 0.15) is 11.4 Å². The number of likely N-dealkylation sites (tertiary alicyclic amines) is 1. The van der Waals surface area contributed by atoms with E-state index >= 15 is 0 Å². The van der Waals surface area contributed by atoms with Gasteiger partial charge in [-0.2, -0.15) is 0 Å². The number of carbonyl (C=O) groups is 1. The number of pyridine rings is 2. The van der Waals surface area contributed by atoms with Crippen LogP contribution in [0.5, 0.6) is 5.75 Å². The quantitative estimate of drug-likeness (QED) is 0.618. The molecule has 2 aliphatic rings. The topological polar surface area (TPSA) is 88.5 Å². The van der Waals surface area contributed by atoms with Crippen molar-refractivity contribution in [3.05, 3.63) is 64.6 Å². The molecule has 2 aliphatic heterocycles. The third-order valence-electron chi connectivity index (χ3n) is 6.24. The number of rotatable bonds is 6. The molecule has 1 aromatic carbocycles. The minimum absolute atomic E-state index is 0.000563. The summed E-state index contributed by atoms with van der Waals surface area (Å²) in [4.78, 5) is 30.7. The summed E-state index contributed by atoms with van der Waals surface area (Å²) in [7, 11) is 0. The highest BCUT2D eigenvalue weighted by molar-refractivity contribution is 5.95. The minimum atomic E-state index is -0.114. The zero-order valence-electron chi connectivity index (χ0n) is 17.9. The second kappa shape index (κ2) is 9.10. The van der Waals surface area contributed by atoms with Crippen LogP contribution in [0.2, 0.25) is 0 Å². The second-order valence-corrected chi connectivity index (χ2v) is 8.40. The molecule has 1 fully saturated rings.